The normalized spacial score (nSPS) is 17.9. The number of hydrogen-bond acceptors (Lipinski definition) is 5. The fourth-order valence-electron chi connectivity index (χ4n) is 6.04. The lowest BCUT2D eigenvalue weighted by Gasteiger charge is -2.20. The minimum atomic E-state index is -0.306. The van der Waals surface area contributed by atoms with Gasteiger partial charge in [0, 0.05) is 23.7 Å². The Kier molecular flexibility index (Phi) is 6.23. The molecule has 0 fully saturated rings. The van der Waals surface area contributed by atoms with Crippen LogP contribution in [0.4, 0.5) is 5.69 Å². The molecule has 7 rings (SSSR count). The van der Waals surface area contributed by atoms with E-state index in [4.69, 9.17) is 14.5 Å². The van der Waals surface area contributed by atoms with Crippen LogP contribution in [0, 0.1) is 0 Å². The number of anilines is 1. The van der Waals surface area contributed by atoms with Crippen LogP contribution < -0.4 is 14.4 Å². The van der Waals surface area contributed by atoms with E-state index in [1.165, 1.54) is 10.5 Å². The van der Waals surface area contributed by atoms with Crippen LogP contribution in [0.1, 0.15) is 56.1 Å². The van der Waals surface area contributed by atoms with Gasteiger partial charge in [0.2, 0.25) is 0 Å². The Balaban J connectivity index is 1.18. The van der Waals surface area contributed by atoms with Crippen molar-refractivity contribution >= 4 is 23.1 Å². The Hall–Kier alpha value is -5.37. The molecule has 1 aliphatic heterocycles. The monoisotopic (exact) mass is 556 g/mol. The van der Waals surface area contributed by atoms with Gasteiger partial charge >= 0.3 is 0 Å². The number of allylic oxidation sites excluding steroid dienone is 2. The molecule has 3 aromatic carbocycles. The Morgan fingerprint density at radius 1 is 0.833 bits per heavy atom. The third-order valence-corrected chi connectivity index (χ3v) is 8.18. The second-order valence-corrected chi connectivity index (χ2v) is 10.4. The van der Waals surface area contributed by atoms with Crippen molar-refractivity contribution in [1.29, 1.82) is 0 Å². The molecule has 0 saturated carbocycles. The first-order valence-corrected chi connectivity index (χ1v) is 13.7. The third kappa shape index (κ3) is 4.19. The molecule has 208 valence electrons. The van der Waals surface area contributed by atoms with Crippen molar-refractivity contribution in [2.45, 2.75) is 18.3 Å². The average Bonchev–Trinajstić information content (AvgIpc) is 3.84. The molecule has 5 aromatic rings. The largest absolute Gasteiger partial charge is 0.493 e. The van der Waals surface area contributed by atoms with Crippen molar-refractivity contribution in [1.82, 2.24) is 15.0 Å². The maximum absolute atomic E-state index is 12.9. The molecule has 0 bridgehead atoms. The van der Waals surface area contributed by atoms with Gasteiger partial charge in [0.25, 0.3) is 11.8 Å². The maximum atomic E-state index is 12.9. The lowest BCUT2D eigenvalue weighted by atomic mass is 9.87. The number of ether oxygens (including phenoxy) is 2. The van der Waals surface area contributed by atoms with E-state index in [-0.39, 0.29) is 23.7 Å². The van der Waals surface area contributed by atoms with E-state index in [0.717, 1.165) is 34.8 Å². The van der Waals surface area contributed by atoms with Crippen LogP contribution in [0.3, 0.4) is 0 Å². The van der Waals surface area contributed by atoms with Gasteiger partial charge in [-0.1, -0.05) is 36.4 Å². The summed E-state index contributed by atoms with van der Waals surface area (Å²) in [4.78, 5) is 38.7. The molecule has 2 aromatic heterocycles. The average molecular weight is 557 g/mol. The number of methoxy groups -OCH3 is 2. The van der Waals surface area contributed by atoms with Gasteiger partial charge < -0.3 is 19.4 Å². The lowest BCUT2D eigenvalue weighted by Crippen LogP contribution is -2.29. The number of nitrogens with zero attached hydrogens (tertiary/aromatic N) is 2. The Labute approximate surface area is 242 Å². The van der Waals surface area contributed by atoms with Gasteiger partial charge in [-0.2, -0.15) is 0 Å². The summed E-state index contributed by atoms with van der Waals surface area (Å²) in [7, 11) is 3.28. The standard InChI is InChI=1S/C34H28N4O4/c1-41-30-14-11-21(18-31(30)42-2)26-16-22(28-8-5-15-35-28)17-27(26)32-36-19-29(37-32)20-9-12-23(13-10-20)38-33(39)24-6-3-4-7-25(24)34(38)40/h3-15,17-19,26-27,35H,16H2,1-2H3,(H,36,37). The fraction of sp³-hybridized carbons (Fsp3) is 0.147. The Bertz CT molecular complexity index is 1800. The molecule has 0 saturated heterocycles. The minimum Gasteiger partial charge on any atom is -0.493 e. The zero-order valence-corrected chi connectivity index (χ0v) is 23.1. The number of carbonyl (C=O) groups excluding carboxylic acids is 2. The molecule has 2 atom stereocenters. The second-order valence-electron chi connectivity index (χ2n) is 10.4. The molecule has 2 unspecified atom stereocenters. The second kappa shape index (κ2) is 10.2. The molecule has 3 heterocycles. The highest BCUT2D eigenvalue weighted by Crippen LogP contribution is 2.48. The first-order chi connectivity index (χ1) is 20.6. The Morgan fingerprint density at radius 3 is 2.24 bits per heavy atom. The molecule has 0 spiro atoms. The predicted molar refractivity (Wildman–Crippen MR) is 160 cm³/mol. The van der Waals surface area contributed by atoms with Crippen LogP contribution in [0.5, 0.6) is 11.5 Å². The molecule has 8 nitrogen and oxygen atoms in total. The van der Waals surface area contributed by atoms with Crippen molar-refractivity contribution in [2.75, 3.05) is 19.1 Å². The van der Waals surface area contributed by atoms with Crippen LogP contribution in [0.15, 0.2) is 97.3 Å². The van der Waals surface area contributed by atoms with Gasteiger partial charge in [0.1, 0.15) is 5.82 Å². The van der Waals surface area contributed by atoms with E-state index >= 15 is 0 Å². The first kappa shape index (κ1) is 25.6. The van der Waals surface area contributed by atoms with Crippen molar-refractivity contribution in [3.8, 4) is 22.8 Å². The minimum absolute atomic E-state index is 0.00720. The number of imide groups is 1. The molecular formula is C34H28N4O4. The topological polar surface area (TPSA) is 100 Å². The molecule has 2 aliphatic rings. The number of rotatable bonds is 7. The number of hydrogen-bond donors (Lipinski definition) is 2. The van der Waals surface area contributed by atoms with E-state index < -0.39 is 0 Å². The number of aromatic nitrogens is 3. The summed E-state index contributed by atoms with van der Waals surface area (Å²) in [5.74, 6) is 1.78. The van der Waals surface area contributed by atoms with Crippen LogP contribution in [0.2, 0.25) is 0 Å². The van der Waals surface area contributed by atoms with Crippen LogP contribution in [-0.4, -0.2) is 41.0 Å². The molecule has 42 heavy (non-hydrogen) atoms. The SMILES string of the molecule is COc1ccc(C2CC(c3ccc[nH]3)=CC2c2ncc(-c3ccc(N4C(=O)c5ccccc5C4=O)cc3)[nH]2)cc1OC. The summed E-state index contributed by atoms with van der Waals surface area (Å²) in [5.41, 5.74) is 6.61. The van der Waals surface area contributed by atoms with Crippen molar-refractivity contribution in [3.63, 3.8) is 0 Å². The summed E-state index contributed by atoms with van der Waals surface area (Å²) >= 11 is 0. The summed E-state index contributed by atoms with van der Waals surface area (Å²) in [6.07, 6.45) is 6.89. The van der Waals surface area contributed by atoms with Gasteiger partial charge in [-0.3, -0.25) is 9.59 Å². The van der Waals surface area contributed by atoms with Gasteiger partial charge in [0.15, 0.2) is 11.5 Å². The maximum Gasteiger partial charge on any atom is 0.266 e. The van der Waals surface area contributed by atoms with E-state index in [9.17, 15) is 9.59 Å². The molecule has 2 amide bonds. The van der Waals surface area contributed by atoms with E-state index in [1.54, 1.807) is 50.6 Å². The number of H-pyrrole nitrogens is 2. The molecular weight excluding hydrogens is 528 g/mol. The van der Waals surface area contributed by atoms with Crippen LogP contribution in [0.25, 0.3) is 16.8 Å². The van der Waals surface area contributed by atoms with Gasteiger partial charge in [-0.05, 0) is 71.7 Å². The molecule has 2 N–H and O–H groups in total. The predicted octanol–water partition coefficient (Wildman–Crippen LogP) is 6.58. The third-order valence-electron chi connectivity index (χ3n) is 8.18. The summed E-state index contributed by atoms with van der Waals surface area (Å²) in [6, 6.07) is 24.5. The zero-order valence-electron chi connectivity index (χ0n) is 23.1. The van der Waals surface area contributed by atoms with E-state index in [2.05, 4.69) is 28.2 Å². The lowest BCUT2D eigenvalue weighted by molar-refractivity contribution is 0.0926. The number of nitrogens with one attached hydrogen (secondary N) is 2. The smallest absolute Gasteiger partial charge is 0.266 e. The highest BCUT2D eigenvalue weighted by Gasteiger charge is 2.36. The quantitative estimate of drug-likeness (QED) is 0.221. The molecule has 1 aliphatic carbocycles. The fourth-order valence-corrected chi connectivity index (χ4v) is 6.04. The van der Waals surface area contributed by atoms with Gasteiger partial charge in [-0.15, -0.1) is 0 Å². The zero-order chi connectivity index (χ0) is 28.8. The van der Waals surface area contributed by atoms with E-state index in [1.807, 2.05) is 42.7 Å². The summed E-state index contributed by atoms with van der Waals surface area (Å²) in [5, 5.41) is 0. The van der Waals surface area contributed by atoms with Crippen molar-refractivity contribution in [3.05, 3.63) is 126 Å². The van der Waals surface area contributed by atoms with Crippen LogP contribution >= 0.6 is 0 Å². The number of fused-ring (bicyclic) bond motifs is 1. The highest BCUT2D eigenvalue weighted by molar-refractivity contribution is 6.34. The van der Waals surface area contributed by atoms with Gasteiger partial charge in [0.05, 0.1) is 42.9 Å². The summed E-state index contributed by atoms with van der Waals surface area (Å²) < 4.78 is 11.1. The van der Waals surface area contributed by atoms with Crippen molar-refractivity contribution < 1.29 is 19.1 Å². The van der Waals surface area contributed by atoms with Crippen LogP contribution in [-0.2, 0) is 0 Å². The number of benzene rings is 3. The number of amides is 2. The van der Waals surface area contributed by atoms with E-state index in [0.29, 0.717) is 28.3 Å². The number of carbonyl (C=O) groups is 2. The highest BCUT2D eigenvalue weighted by atomic mass is 16.5. The van der Waals surface area contributed by atoms with Crippen molar-refractivity contribution in [2.24, 2.45) is 0 Å². The first-order valence-electron chi connectivity index (χ1n) is 13.7. The van der Waals surface area contributed by atoms with Gasteiger partial charge in [-0.25, -0.2) is 9.88 Å². The molecule has 0 radical (unpaired) electrons. The Morgan fingerprint density at radius 2 is 1.57 bits per heavy atom. The molecule has 8 heteroatoms. The number of aromatic amines is 2. The summed E-state index contributed by atoms with van der Waals surface area (Å²) in [6.45, 7) is 0. The number of imidazole rings is 1.